The maximum Gasteiger partial charge on any atom is 0.262 e. The van der Waals surface area contributed by atoms with Gasteiger partial charge < -0.3 is 10.2 Å². The van der Waals surface area contributed by atoms with Crippen molar-refractivity contribution < 1.29 is 4.79 Å². The molecule has 0 bridgehead atoms. The number of amides is 1. The van der Waals surface area contributed by atoms with E-state index in [4.69, 9.17) is 0 Å². The molecule has 1 aliphatic rings. The molecule has 0 spiro atoms. The molecule has 108 valence electrons. The van der Waals surface area contributed by atoms with Crippen LogP contribution in [0.15, 0.2) is 22.6 Å². The Morgan fingerprint density at radius 2 is 2.15 bits per heavy atom. The van der Waals surface area contributed by atoms with E-state index in [2.05, 4.69) is 10.3 Å². The van der Waals surface area contributed by atoms with Crippen LogP contribution in [0.2, 0.25) is 0 Å². The summed E-state index contributed by atoms with van der Waals surface area (Å²) in [6.45, 7) is 3.08. The van der Waals surface area contributed by atoms with Crippen LogP contribution < -0.4 is 10.9 Å². The number of aromatic nitrogens is 2. The van der Waals surface area contributed by atoms with Crippen LogP contribution in [-0.4, -0.2) is 46.5 Å². The first-order valence-corrected chi connectivity index (χ1v) is 7.05. The predicted molar refractivity (Wildman–Crippen MR) is 80.6 cm³/mol. The Kier molecular flexibility index (Phi) is 4.74. The van der Waals surface area contributed by atoms with Gasteiger partial charge >= 0.3 is 0 Å². The number of carbonyl (C=O) groups excluding carboxylic acids is 1. The summed E-state index contributed by atoms with van der Waals surface area (Å²) in [7, 11) is 0. The molecule has 3 heterocycles. The molecule has 8 heteroatoms. The van der Waals surface area contributed by atoms with Crippen LogP contribution in [0.1, 0.15) is 0 Å². The lowest BCUT2D eigenvalue weighted by Gasteiger charge is -2.27. The first-order chi connectivity index (χ1) is 9.25. The average Bonchev–Trinajstić information content (AvgIpc) is 2.92. The summed E-state index contributed by atoms with van der Waals surface area (Å²) in [5.41, 5.74) is -0.144. The molecule has 20 heavy (non-hydrogen) atoms. The largest absolute Gasteiger partial charge is 0.339 e. The third kappa shape index (κ3) is 2.84. The van der Waals surface area contributed by atoms with Gasteiger partial charge in [-0.2, -0.15) is 0 Å². The highest BCUT2D eigenvalue weighted by Gasteiger charge is 2.17. The molecule has 1 N–H and O–H groups in total. The normalized spacial score (nSPS) is 15.1. The van der Waals surface area contributed by atoms with Gasteiger partial charge in [0.25, 0.3) is 5.56 Å². The minimum Gasteiger partial charge on any atom is -0.339 e. The van der Waals surface area contributed by atoms with Crippen molar-refractivity contribution >= 4 is 39.9 Å². The molecule has 1 fully saturated rings. The second kappa shape index (κ2) is 6.34. The Hall–Kier alpha value is -1.44. The van der Waals surface area contributed by atoms with Crippen molar-refractivity contribution in [3.8, 4) is 0 Å². The minimum absolute atomic E-state index is 0. The molecule has 0 atom stereocenters. The highest BCUT2D eigenvalue weighted by molar-refractivity contribution is 7.16. The van der Waals surface area contributed by atoms with Gasteiger partial charge in [-0.15, -0.1) is 23.7 Å². The molecule has 6 nitrogen and oxygen atoms in total. The number of halogens is 1. The van der Waals surface area contributed by atoms with Crippen molar-refractivity contribution in [3.63, 3.8) is 0 Å². The first-order valence-electron chi connectivity index (χ1n) is 6.17. The van der Waals surface area contributed by atoms with E-state index in [0.29, 0.717) is 18.5 Å². The van der Waals surface area contributed by atoms with Crippen molar-refractivity contribution in [2.45, 2.75) is 6.54 Å². The Morgan fingerprint density at radius 3 is 2.90 bits per heavy atom. The number of fused-ring (bicyclic) bond motifs is 1. The lowest BCUT2D eigenvalue weighted by molar-refractivity contribution is -0.132. The monoisotopic (exact) mass is 314 g/mol. The molecular formula is C12H15ClN4O2S. The molecule has 0 unspecified atom stereocenters. The van der Waals surface area contributed by atoms with Gasteiger partial charge in [0.15, 0.2) is 0 Å². The van der Waals surface area contributed by atoms with Crippen LogP contribution >= 0.6 is 23.7 Å². The fraction of sp³-hybridized carbons (Fsp3) is 0.417. The Bertz CT molecular complexity index is 663. The number of piperazine rings is 1. The van der Waals surface area contributed by atoms with Crippen LogP contribution in [0.4, 0.5) is 0 Å². The average molecular weight is 315 g/mol. The Balaban J connectivity index is 0.00000147. The van der Waals surface area contributed by atoms with Gasteiger partial charge in [0.1, 0.15) is 11.4 Å². The van der Waals surface area contributed by atoms with Gasteiger partial charge in [0.05, 0.1) is 11.7 Å². The van der Waals surface area contributed by atoms with Crippen molar-refractivity contribution in [2.75, 3.05) is 26.2 Å². The third-order valence-electron chi connectivity index (χ3n) is 3.23. The van der Waals surface area contributed by atoms with E-state index >= 15 is 0 Å². The standard InChI is InChI=1S/C12H14N4O2S.ClH/c17-10(15-4-2-13-3-5-15)7-16-8-14-11-9(12(16)18)1-6-19-11;/h1,6,8,13H,2-5,7H2;1H. The second-order valence-electron chi connectivity index (χ2n) is 4.45. The van der Waals surface area contributed by atoms with Crippen molar-refractivity contribution in [3.05, 3.63) is 28.1 Å². The molecule has 0 radical (unpaired) electrons. The van der Waals surface area contributed by atoms with Gasteiger partial charge in [0, 0.05) is 26.2 Å². The van der Waals surface area contributed by atoms with Crippen LogP contribution in [-0.2, 0) is 11.3 Å². The van der Waals surface area contributed by atoms with Crippen LogP contribution in [0.5, 0.6) is 0 Å². The minimum atomic E-state index is -0.144. The molecule has 1 aliphatic heterocycles. The molecule has 0 saturated carbocycles. The quantitative estimate of drug-likeness (QED) is 0.866. The highest BCUT2D eigenvalue weighted by atomic mass is 35.5. The maximum absolute atomic E-state index is 12.2. The molecule has 2 aromatic rings. The predicted octanol–water partition coefficient (Wildman–Crippen LogP) is 0.312. The molecule has 1 amide bonds. The van der Waals surface area contributed by atoms with E-state index in [9.17, 15) is 9.59 Å². The molecule has 0 aliphatic carbocycles. The van der Waals surface area contributed by atoms with E-state index in [1.807, 2.05) is 5.38 Å². The molecule has 3 rings (SSSR count). The van der Waals surface area contributed by atoms with Gasteiger partial charge in [-0.05, 0) is 11.4 Å². The number of hydrogen-bond donors (Lipinski definition) is 1. The van der Waals surface area contributed by atoms with Crippen molar-refractivity contribution in [1.29, 1.82) is 0 Å². The van der Waals surface area contributed by atoms with Crippen LogP contribution in [0.25, 0.3) is 10.2 Å². The smallest absolute Gasteiger partial charge is 0.262 e. The Labute approximate surface area is 125 Å². The van der Waals surface area contributed by atoms with E-state index in [1.54, 1.807) is 11.0 Å². The highest BCUT2D eigenvalue weighted by Crippen LogP contribution is 2.13. The van der Waals surface area contributed by atoms with Gasteiger partial charge in [-0.25, -0.2) is 4.98 Å². The summed E-state index contributed by atoms with van der Waals surface area (Å²) < 4.78 is 1.39. The lowest BCUT2D eigenvalue weighted by atomic mass is 10.3. The van der Waals surface area contributed by atoms with Crippen LogP contribution in [0.3, 0.4) is 0 Å². The summed E-state index contributed by atoms with van der Waals surface area (Å²) in [6.07, 6.45) is 1.46. The summed E-state index contributed by atoms with van der Waals surface area (Å²) in [5.74, 6) is -0.0278. The van der Waals surface area contributed by atoms with E-state index in [0.717, 1.165) is 17.9 Å². The number of rotatable bonds is 2. The van der Waals surface area contributed by atoms with Gasteiger partial charge in [-0.3, -0.25) is 14.2 Å². The zero-order chi connectivity index (χ0) is 13.2. The zero-order valence-corrected chi connectivity index (χ0v) is 12.4. The third-order valence-corrected chi connectivity index (χ3v) is 4.05. The number of nitrogens with zero attached hydrogens (tertiary/aromatic N) is 3. The summed E-state index contributed by atoms with van der Waals surface area (Å²) in [5, 5.41) is 5.61. The summed E-state index contributed by atoms with van der Waals surface area (Å²) >= 11 is 1.43. The van der Waals surface area contributed by atoms with E-state index in [1.165, 1.54) is 22.2 Å². The SMILES string of the molecule is Cl.O=C(Cn1cnc2sccc2c1=O)N1CCNCC1. The molecule has 2 aromatic heterocycles. The van der Waals surface area contributed by atoms with Gasteiger partial charge in [-0.1, -0.05) is 0 Å². The summed E-state index contributed by atoms with van der Waals surface area (Å²) in [4.78, 5) is 31.0. The van der Waals surface area contributed by atoms with Gasteiger partial charge in [0.2, 0.25) is 5.91 Å². The number of thiophene rings is 1. The Morgan fingerprint density at radius 1 is 1.40 bits per heavy atom. The van der Waals surface area contributed by atoms with E-state index in [-0.39, 0.29) is 30.4 Å². The molecular weight excluding hydrogens is 300 g/mol. The zero-order valence-electron chi connectivity index (χ0n) is 10.7. The van der Waals surface area contributed by atoms with E-state index < -0.39 is 0 Å². The maximum atomic E-state index is 12.2. The molecule has 1 saturated heterocycles. The first kappa shape index (κ1) is 15.0. The molecule has 0 aromatic carbocycles. The van der Waals surface area contributed by atoms with Crippen molar-refractivity contribution in [2.24, 2.45) is 0 Å². The summed E-state index contributed by atoms with van der Waals surface area (Å²) in [6, 6.07) is 1.75. The lowest BCUT2D eigenvalue weighted by Crippen LogP contribution is -2.48. The second-order valence-corrected chi connectivity index (χ2v) is 5.34. The fourth-order valence-corrected chi connectivity index (χ4v) is 2.89. The fourth-order valence-electron chi connectivity index (χ4n) is 2.17. The van der Waals surface area contributed by atoms with Crippen molar-refractivity contribution in [1.82, 2.24) is 19.8 Å². The van der Waals surface area contributed by atoms with Crippen LogP contribution in [0, 0.1) is 0 Å². The number of nitrogens with one attached hydrogen (secondary N) is 1. The number of hydrogen-bond acceptors (Lipinski definition) is 5. The number of carbonyl (C=O) groups is 1. The topological polar surface area (TPSA) is 67.2 Å².